The second-order valence-corrected chi connectivity index (χ2v) is 9.29. The monoisotopic (exact) mass is 495 g/mol. The highest BCUT2D eigenvalue weighted by Crippen LogP contribution is 2.36. The van der Waals surface area contributed by atoms with E-state index in [-0.39, 0.29) is 23.2 Å². The minimum absolute atomic E-state index is 0.0394. The SMILES string of the molecule is CCOC(=O)C1CCN([C@@H](c2ccc(Cl)cc2)c2c(O)cc(C)n(Cc3cccnc3)c2=O)CC1. The highest BCUT2D eigenvalue weighted by molar-refractivity contribution is 6.30. The van der Waals surface area contributed by atoms with Gasteiger partial charge in [0.2, 0.25) is 0 Å². The summed E-state index contributed by atoms with van der Waals surface area (Å²) in [7, 11) is 0. The summed E-state index contributed by atoms with van der Waals surface area (Å²) in [4.78, 5) is 32.4. The lowest BCUT2D eigenvalue weighted by Gasteiger charge is -2.37. The second-order valence-electron chi connectivity index (χ2n) is 8.85. The van der Waals surface area contributed by atoms with Crippen molar-refractivity contribution in [2.24, 2.45) is 5.92 Å². The fraction of sp³-hybridized carbons (Fsp3) is 0.370. The Morgan fingerprint density at radius 2 is 1.94 bits per heavy atom. The molecule has 1 fully saturated rings. The molecule has 1 aromatic carbocycles. The number of esters is 1. The van der Waals surface area contributed by atoms with E-state index in [0.717, 1.165) is 11.1 Å². The van der Waals surface area contributed by atoms with Gasteiger partial charge in [0.25, 0.3) is 5.56 Å². The van der Waals surface area contributed by atoms with Crippen LogP contribution in [0.3, 0.4) is 0 Å². The number of aromatic hydroxyl groups is 1. The smallest absolute Gasteiger partial charge is 0.309 e. The molecule has 0 bridgehead atoms. The summed E-state index contributed by atoms with van der Waals surface area (Å²) in [5.74, 6) is -0.375. The number of likely N-dealkylation sites (tertiary alicyclic amines) is 1. The van der Waals surface area contributed by atoms with Crippen LogP contribution in [0.15, 0.2) is 59.7 Å². The van der Waals surface area contributed by atoms with Gasteiger partial charge in [-0.1, -0.05) is 29.8 Å². The molecule has 35 heavy (non-hydrogen) atoms. The van der Waals surface area contributed by atoms with Gasteiger partial charge in [-0.2, -0.15) is 0 Å². The van der Waals surface area contributed by atoms with Crippen LogP contribution in [0, 0.1) is 12.8 Å². The number of aryl methyl sites for hydroxylation is 1. The molecule has 3 aromatic rings. The number of benzene rings is 1. The first kappa shape index (κ1) is 24.9. The minimum atomic E-state index is -0.483. The number of rotatable bonds is 7. The zero-order valence-corrected chi connectivity index (χ0v) is 20.7. The van der Waals surface area contributed by atoms with Gasteiger partial charge in [-0.3, -0.25) is 19.5 Å². The maximum atomic E-state index is 13.9. The molecule has 184 valence electrons. The fourth-order valence-electron chi connectivity index (χ4n) is 4.76. The summed E-state index contributed by atoms with van der Waals surface area (Å²) >= 11 is 6.14. The number of halogens is 1. The van der Waals surface area contributed by atoms with E-state index in [0.29, 0.717) is 55.4 Å². The van der Waals surface area contributed by atoms with Crippen molar-refractivity contribution in [3.05, 3.63) is 92.6 Å². The molecule has 0 radical (unpaired) electrons. The lowest BCUT2D eigenvalue weighted by molar-refractivity contribution is -0.149. The summed E-state index contributed by atoms with van der Waals surface area (Å²) in [5, 5.41) is 11.6. The third-order valence-corrected chi connectivity index (χ3v) is 6.81. The first-order chi connectivity index (χ1) is 16.9. The van der Waals surface area contributed by atoms with Crippen molar-refractivity contribution >= 4 is 17.6 Å². The molecule has 1 N–H and O–H groups in total. The van der Waals surface area contributed by atoms with Crippen molar-refractivity contribution in [3.8, 4) is 5.75 Å². The zero-order valence-electron chi connectivity index (χ0n) is 20.0. The molecule has 0 spiro atoms. The molecule has 0 amide bonds. The van der Waals surface area contributed by atoms with Gasteiger partial charge in [0.05, 0.1) is 30.7 Å². The molecule has 1 aliphatic heterocycles. The maximum Gasteiger partial charge on any atom is 0.309 e. The van der Waals surface area contributed by atoms with Crippen LogP contribution < -0.4 is 5.56 Å². The topological polar surface area (TPSA) is 84.7 Å². The van der Waals surface area contributed by atoms with Gasteiger partial charge >= 0.3 is 5.97 Å². The first-order valence-corrected chi connectivity index (χ1v) is 12.2. The molecule has 8 heteroatoms. The van der Waals surface area contributed by atoms with Crippen LogP contribution >= 0.6 is 11.6 Å². The molecule has 7 nitrogen and oxygen atoms in total. The van der Waals surface area contributed by atoms with Crippen molar-refractivity contribution in [2.75, 3.05) is 19.7 Å². The number of ether oxygens (including phenoxy) is 1. The first-order valence-electron chi connectivity index (χ1n) is 11.9. The number of hydrogen-bond acceptors (Lipinski definition) is 6. The number of hydrogen-bond donors (Lipinski definition) is 1. The van der Waals surface area contributed by atoms with E-state index in [1.807, 2.05) is 31.2 Å². The highest BCUT2D eigenvalue weighted by atomic mass is 35.5. The maximum absolute atomic E-state index is 13.9. The summed E-state index contributed by atoms with van der Waals surface area (Å²) < 4.78 is 6.88. The van der Waals surface area contributed by atoms with Crippen LogP contribution in [0.2, 0.25) is 5.02 Å². The molecular formula is C27H30ClN3O4. The van der Waals surface area contributed by atoms with Gasteiger partial charge in [-0.05, 0) is 75.2 Å². The van der Waals surface area contributed by atoms with E-state index in [1.54, 1.807) is 42.1 Å². The molecule has 4 rings (SSSR count). The van der Waals surface area contributed by atoms with Gasteiger partial charge in [0.1, 0.15) is 5.75 Å². The molecule has 0 unspecified atom stereocenters. The lowest BCUT2D eigenvalue weighted by Crippen LogP contribution is -2.42. The number of carbonyl (C=O) groups excluding carboxylic acids is 1. The van der Waals surface area contributed by atoms with Crippen LogP contribution in [0.1, 0.15) is 48.2 Å². The number of pyridine rings is 2. The Hall–Kier alpha value is -3.16. The lowest BCUT2D eigenvalue weighted by atomic mass is 9.91. The van der Waals surface area contributed by atoms with E-state index in [1.165, 1.54) is 0 Å². The number of nitrogens with zero attached hydrogens (tertiary/aromatic N) is 3. The van der Waals surface area contributed by atoms with Crippen molar-refractivity contribution < 1.29 is 14.6 Å². The normalized spacial score (nSPS) is 15.6. The van der Waals surface area contributed by atoms with Crippen molar-refractivity contribution in [1.29, 1.82) is 0 Å². The standard InChI is InChI=1S/C27H30ClN3O4/c1-3-35-27(34)21-10-13-30(14-11-21)25(20-6-8-22(28)9-7-20)24-23(32)15-18(2)31(26(24)33)17-19-5-4-12-29-16-19/h4-9,12,15-16,21,25,32H,3,10-11,13-14,17H2,1-2H3/t25-/m0/s1. The molecule has 3 heterocycles. The van der Waals surface area contributed by atoms with Crippen LogP contribution in [0.5, 0.6) is 5.75 Å². The Morgan fingerprint density at radius 1 is 1.23 bits per heavy atom. The molecule has 0 aliphatic carbocycles. The Kier molecular flexibility index (Phi) is 7.88. The van der Waals surface area contributed by atoms with E-state index >= 15 is 0 Å². The van der Waals surface area contributed by atoms with Crippen LogP contribution in [-0.4, -0.2) is 45.2 Å². The predicted octanol–water partition coefficient (Wildman–Crippen LogP) is 4.32. The third-order valence-electron chi connectivity index (χ3n) is 6.56. The summed E-state index contributed by atoms with van der Waals surface area (Å²) in [6, 6.07) is 12.3. The molecule has 2 aromatic heterocycles. The van der Waals surface area contributed by atoms with E-state index in [2.05, 4.69) is 9.88 Å². The summed E-state index contributed by atoms with van der Waals surface area (Å²) in [6.07, 6.45) is 4.67. The Bertz CT molecular complexity index is 1220. The van der Waals surface area contributed by atoms with Crippen LogP contribution in [-0.2, 0) is 16.1 Å². The largest absolute Gasteiger partial charge is 0.507 e. The van der Waals surface area contributed by atoms with Crippen LogP contribution in [0.25, 0.3) is 0 Å². The van der Waals surface area contributed by atoms with Gasteiger partial charge in [0.15, 0.2) is 0 Å². The average molecular weight is 496 g/mol. The fourth-order valence-corrected chi connectivity index (χ4v) is 4.88. The zero-order chi connectivity index (χ0) is 24.9. The predicted molar refractivity (Wildman–Crippen MR) is 135 cm³/mol. The third kappa shape index (κ3) is 5.57. The number of carbonyl (C=O) groups is 1. The second kappa shape index (κ2) is 11.1. The Balaban J connectivity index is 1.74. The molecule has 0 saturated carbocycles. The van der Waals surface area contributed by atoms with Gasteiger partial charge in [-0.15, -0.1) is 0 Å². The minimum Gasteiger partial charge on any atom is -0.507 e. The van der Waals surface area contributed by atoms with Crippen molar-refractivity contribution in [1.82, 2.24) is 14.5 Å². The molecule has 1 atom stereocenters. The Labute approximate surface area is 209 Å². The average Bonchev–Trinajstić information content (AvgIpc) is 2.86. The summed E-state index contributed by atoms with van der Waals surface area (Å²) in [5.41, 5.74) is 2.48. The van der Waals surface area contributed by atoms with Gasteiger partial charge in [-0.25, -0.2) is 0 Å². The van der Waals surface area contributed by atoms with Crippen molar-refractivity contribution in [2.45, 2.75) is 39.3 Å². The Morgan fingerprint density at radius 3 is 2.57 bits per heavy atom. The molecular weight excluding hydrogens is 466 g/mol. The van der Waals surface area contributed by atoms with E-state index in [9.17, 15) is 14.7 Å². The van der Waals surface area contributed by atoms with E-state index < -0.39 is 6.04 Å². The summed E-state index contributed by atoms with van der Waals surface area (Å²) in [6.45, 7) is 5.51. The van der Waals surface area contributed by atoms with Gasteiger partial charge < -0.3 is 14.4 Å². The molecule has 1 aliphatic rings. The van der Waals surface area contributed by atoms with E-state index in [4.69, 9.17) is 16.3 Å². The van der Waals surface area contributed by atoms with Crippen molar-refractivity contribution in [3.63, 3.8) is 0 Å². The number of aromatic nitrogens is 2. The van der Waals surface area contributed by atoms with Crippen LogP contribution in [0.4, 0.5) is 0 Å². The van der Waals surface area contributed by atoms with Gasteiger partial charge in [0, 0.05) is 23.1 Å². The highest BCUT2D eigenvalue weighted by Gasteiger charge is 2.34. The number of piperidine rings is 1. The quantitative estimate of drug-likeness (QED) is 0.491. The molecule has 1 saturated heterocycles.